The van der Waals surface area contributed by atoms with Crippen LogP contribution < -0.4 is 9.64 Å². The predicted molar refractivity (Wildman–Crippen MR) is 82.1 cm³/mol. The van der Waals surface area contributed by atoms with E-state index in [4.69, 9.17) is 4.74 Å². The Hall–Kier alpha value is -2.31. The Kier molecular flexibility index (Phi) is 5.08. The van der Waals surface area contributed by atoms with E-state index in [0.29, 0.717) is 18.7 Å². The maximum Gasteiger partial charge on any atom is 0.421 e. The number of rotatable bonds is 5. The molecule has 0 spiro atoms. The SMILES string of the molecule is CCCOc1ncc(C(F)(F)F)c(N(C)c2cccc(C)c2)n1. The lowest BCUT2D eigenvalue weighted by Gasteiger charge is -2.22. The molecule has 0 saturated heterocycles. The molecule has 124 valence electrons. The van der Waals surface area contributed by atoms with Gasteiger partial charge in [-0.2, -0.15) is 18.2 Å². The number of aromatic nitrogens is 2. The molecule has 1 aromatic carbocycles. The lowest BCUT2D eigenvalue weighted by Crippen LogP contribution is -2.19. The summed E-state index contributed by atoms with van der Waals surface area (Å²) in [5.41, 5.74) is 0.653. The molecule has 0 radical (unpaired) electrons. The Morgan fingerprint density at radius 3 is 2.61 bits per heavy atom. The van der Waals surface area contributed by atoms with Crippen LogP contribution in [0.25, 0.3) is 0 Å². The van der Waals surface area contributed by atoms with Crippen molar-refractivity contribution in [2.24, 2.45) is 0 Å². The van der Waals surface area contributed by atoms with Crippen LogP contribution in [0.4, 0.5) is 24.7 Å². The van der Waals surface area contributed by atoms with Crippen molar-refractivity contribution in [2.45, 2.75) is 26.4 Å². The fraction of sp³-hybridized carbons (Fsp3) is 0.375. The zero-order chi connectivity index (χ0) is 17.0. The number of halogens is 3. The molecule has 0 N–H and O–H groups in total. The van der Waals surface area contributed by atoms with Crippen molar-refractivity contribution in [3.8, 4) is 6.01 Å². The van der Waals surface area contributed by atoms with Crippen LogP contribution in [0, 0.1) is 6.92 Å². The summed E-state index contributed by atoms with van der Waals surface area (Å²) in [5, 5.41) is 0. The van der Waals surface area contributed by atoms with E-state index in [1.807, 2.05) is 19.9 Å². The number of benzene rings is 1. The number of aryl methyl sites for hydroxylation is 1. The van der Waals surface area contributed by atoms with Gasteiger partial charge < -0.3 is 9.64 Å². The minimum Gasteiger partial charge on any atom is -0.463 e. The van der Waals surface area contributed by atoms with Crippen LogP contribution in [0.2, 0.25) is 0 Å². The number of alkyl halides is 3. The third kappa shape index (κ3) is 4.12. The normalized spacial score (nSPS) is 11.4. The summed E-state index contributed by atoms with van der Waals surface area (Å²) in [6, 6.07) is 7.10. The monoisotopic (exact) mass is 325 g/mol. The van der Waals surface area contributed by atoms with Gasteiger partial charge in [0, 0.05) is 18.9 Å². The van der Waals surface area contributed by atoms with Gasteiger partial charge in [-0.3, -0.25) is 0 Å². The second kappa shape index (κ2) is 6.85. The van der Waals surface area contributed by atoms with Crippen molar-refractivity contribution in [3.63, 3.8) is 0 Å². The van der Waals surface area contributed by atoms with Crippen molar-refractivity contribution in [1.82, 2.24) is 9.97 Å². The largest absolute Gasteiger partial charge is 0.463 e. The molecule has 0 aliphatic heterocycles. The highest BCUT2D eigenvalue weighted by molar-refractivity contribution is 5.63. The summed E-state index contributed by atoms with van der Waals surface area (Å²) >= 11 is 0. The van der Waals surface area contributed by atoms with E-state index in [9.17, 15) is 13.2 Å². The average Bonchev–Trinajstić information content (AvgIpc) is 2.51. The Morgan fingerprint density at radius 2 is 2.00 bits per heavy atom. The van der Waals surface area contributed by atoms with E-state index in [1.165, 1.54) is 11.9 Å². The summed E-state index contributed by atoms with van der Waals surface area (Å²) < 4.78 is 45.0. The molecule has 7 heteroatoms. The molecule has 0 aliphatic carbocycles. The number of ether oxygens (including phenoxy) is 1. The number of hydrogen-bond acceptors (Lipinski definition) is 4. The highest BCUT2D eigenvalue weighted by Gasteiger charge is 2.36. The second-order valence-electron chi connectivity index (χ2n) is 5.13. The van der Waals surface area contributed by atoms with Gasteiger partial charge in [-0.05, 0) is 31.0 Å². The van der Waals surface area contributed by atoms with Gasteiger partial charge in [0.15, 0.2) is 5.82 Å². The van der Waals surface area contributed by atoms with Crippen LogP contribution in [0.15, 0.2) is 30.5 Å². The molecule has 0 unspecified atom stereocenters. The second-order valence-corrected chi connectivity index (χ2v) is 5.13. The molecule has 4 nitrogen and oxygen atoms in total. The van der Waals surface area contributed by atoms with Gasteiger partial charge >= 0.3 is 12.2 Å². The fourth-order valence-electron chi connectivity index (χ4n) is 2.03. The first kappa shape index (κ1) is 17.1. The van der Waals surface area contributed by atoms with Gasteiger partial charge in [-0.1, -0.05) is 19.1 Å². The summed E-state index contributed by atoms with van der Waals surface area (Å²) in [6.07, 6.45) is -3.07. The van der Waals surface area contributed by atoms with E-state index in [1.54, 1.807) is 18.2 Å². The Labute approximate surface area is 132 Å². The van der Waals surface area contributed by atoms with Gasteiger partial charge in [0.05, 0.1) is 6.61 Å². The summed E-state index contributed by atoms with van der Waals surface area (Å²) in [7, 11) is 1.54. The van der Waals surface area contributed by atoms with Crippen LogP contribution in [0.1, 0.15) is 24.5 Å². The number of anilines is 2. The molecular formula is C16H18F3N3O. The molecule has 0 aliphatic rings. The van der Waals surface area contributed by atoms with Gasteiger partial charge in [0.25, 0.3) is 0 Å². The maximum atomic E-state index is 13.2. The minimum atomic E-state index is -4.54. The zero-order valence-electron chi connectivity index (χ0n) is 13.2. The van der Waals surface area contributed by atoms with E-state index in [2.05, 4.69) is 9.97 Å². The van der Waals surface area contributed by atoms with Crippen LogP contribution in [0.3, 0.4) is 0 Å². The summed E-state index contributed by atoms with van der Waals surface area (Å²) in [5.74, 6) is -0.232. The highest BCUT2D eigenvalue weighted by Crippen LogP contribution is 2.37. The first-order valence-electron chi connectivity index (χ1n) is 7.20. The Bertz CT molecular complexity index is 674. The van der Waals surface area contributed by atoms with E-state index in [0.717, 1.165) is 11.8 Å². The first-order chi connectivity index (χ1) is 10.8. The van der Waals surface area contributed by atoms with Crippen molar-refractivity contribution in [1.29, 1.82) is 0 Å². The third-order valence-corrected chi connectivity index (χ3v) is 3.19. The smallest absolute Gasteiger partial charge is 0.421 e. The van der Waals surface area contributed by atoms with Crippen LogP contribution in [-0.4, -0.2) is 23.6 Å². The van der Waals surface area contributed by atoms with Gasteiger partial charge in [-0.25, -0.2) is 4.98 Å². The van der Waals surface area contributed by atoms with Crippen molar-refractivity contribution in [2.75, 3.05) is 18.6 Å². The maximum absolute atomic E-state index is 13.2. The molecule has 0 bridgehead atoms. The molecule has 23 heavy (non-hydrogen) atoms. The Balaban J connectivity index is 2.47. The molecule has 1 heterocycles. The van der Waals surface area contributed by atoms with E-state index in [-0.39, 0.29) is 11.8 Å². The number of hydrogen-bond donors (Lipinski definition) is 0. The van der Waals surface area contributed by atoms with Gasteiger partial charge in [-0.15, -0.1) is 0 Å². The molecule has 0 amide bonds. The molecule has 1 aromatic heterocycles. The third-order valence-electron chi connectivity index (χ3n) is 3.19. The molecule has 0 atom stereocenters. The van der Waals surface area contributed by atoms with Crippen molar-refractivity contribution < 1.29 is 17.9 Å². The highest BCUT2D eigenvalue weighted by atomic mass is 19.4. The van der Waals surface area contributed by atoms with Gasteiger partial charge in [0.2, 0.25) is 0 Å². The minimum absolute atomic E-state index is 0.0608. The first-order valence-corrected chi connectivity index (χ1v) is 7.20. The molecule has 2 aromatic rings. The van der Waals surface area contributed by atoms with Crippen LogP contribution in [-0.2, 0) is 6.18 Å². The van der Waals surface area contributed by atoms with Crippen molar-refractivity contribution >= 4 is 11.5 Å². The topological polar surface area (TPSA) is 38.2 Å². The average molecular weight is 325 g/mol. The van der Waals surface area contributed by atoms with Crippen LogP contribution in [0.5, 0.6) is 6.01 Å². The molecular weight excluding hydrogens is 307 g/mol. The summed E-state index contributed by atoms with van der Waals surface area (Å²) in [6.45, 7) is 4.11. The zero-order valence-corrected chi connectivity index (χ0v) is 13.2. The molecule has 0 saturated carbocycles. The van der Waals surface area contributed by atoms with E-state index < -0.39 is 11.7 Å². The van der Waals surface area contributed by atoms with Crippen LogP contribution >= 0.6 is 0 Å². The van der Waals surface area contributed by atoms with E-state index >= 15 is 0 Å². The quantitative estimate of drug-likeness (QED) is 0.818. The summed E-state index contributed by atoms with van der Waals surface area (Å²) in [4.78, 5) is 9.00. The standard InChI is InChI=1S/C16H18F3N3O/c1-4-8-23-15-20-10-13(16(17,18)19)14(21-15)22(3)12-7-5-6-11(2)9-12/h5-7,9-10H,4,8H2,1-3H3. The predicted octanol–water partition coefficient (Wildman–Crippen LogP) is 4.36. The fourth-order valence-corrected chi connectivity index (χ4v) is 2.03. The molecule has 0 fully saturated rings. The van der Waals surface area contributed by atoms with Gasteiger partial charge in [0.1, 0.15) is 5.56 Å². The molecule has 2 rings (SSSR count). The number of nitrogens with zero attached hydrogens (tertiary/aromatic N) is 3. The Morgan fingerprint density at radius 1 is 1.26 bits per heavy atom. The lowest BCUT2D eigenvalue weighted by molar-refractivity contribution is -0.137. The lowest BCUT2D eigenvalue weighted by atomic mass is 10.2. The van der Waals surface area contributed by atoms with Crippen molar-refractivity contribution in [3.05, 3.63) is 41.6 Å².